The van der Waals surface area contributed by atoms with Crippen molar-refractivity contribution in [2.24, 2.45) is 0 Å². The minimum absolute atomic E-state index is 0.0854. The molecule has 0 saturated carbocycles. The summed E-state index contributed by atoms with van der Waals surface area (Å²) in [6.45, 7) is 5.96. The number of hydrogen-bond donors (Lipinski definition) is 1. The summed E-state index contributed by atoms with van der Waals surface area (Å²) in [5.74, 6) is -0.0538. The smallest absolute Gasteiger partial charge is 0.276 e. The van der Waals surface area contributed by atoms with E-state index >= 15 is 0 Å². The monoisotopic (exact) mass is 381 g/mol. The molecule has 28 heavy (non-hydrogen) atoms. The molecule has 2 aliphatic heterocycles. The number of benzene rings is 1. The quantitative estimate of drug-likeness (QED) is 0.883. The van der Waals surface area contributed by atoms with Crippen LogP contribution in [0.5, 0.6) is 0 Å². The molecular formula is C21H27N5O2. The average Bonchev–Trinajstić information content (AvgIpc) is 3.34. The van der Waals surface area contributed by atoms with E-state index in [0.717, 1.165) is 44.0 Å². The summed E-state index contributed by atoms with van der Waals surface area (Å²) in [6, 6.07) is 11.1. The van der Waals surface area contributed by atoms with Crippen LogP contribution in [-0.2, 0) is 17.9 Å². The number of nitrogens with zero attached hydrogens (tertiary/aromatic N) is 4. The van der Waals surface area contributed by atoms with Crippen LogP contribution in [0.15, 0.2) is 36.4 Å². The predicted molar refractivity (Wildman–Crippen MR) is 107 cm³/mol. The van der Waals surface area contributed by atoms with Gasteiger partial charge in [-0.25, -0.2) is 0 Å². The summed E-state index contributed by atoms with van der Waals surface area (Å²) in [6.07, 6.45) is 3.18. The van der Waals surface area contributed by atoms with Crippen molar-refractivity contribution in [3.05, 3.63) is 47.8 Å². The van der Waals surface area contributed by atoms with Gasteiger partial charge in [-0.2, -0.15) is 5.10 Å². The molecule has 1 N–H and O–H groups in total. The topological polar surface area (TPSA) is 70.5 Å². The second kappa shape index (κ2) is 8.14. The molecule has 0 bridgehead atoms. The summed E-state index contributed by atoms with van der Waals surface area (Å²) in [7, 11) is 0. The number of likely N-dealkylation sites (tertiary alicyclic amines) is 1. The largest absolute Gasteiger partial charge is 0.335 e. The molecule has 1 saturated heterocycles. The van der Waals surface area contributed by atoms with Crippen LogP contribution in [0.4, 0.5) is 5.69 Å². The van der Waals surface area contributed by atoms with Gasteiger partial charge in [0.15, 0.2) is 5.69 Å². The van der Waals surface area contributed by atoms with Gasteiger partial charge in [0.2, 0.25) is 5.91 Å². The Morgan fingerprint density at radius 2 is 1.79 bits per heavy atom. The average molecular weight is 381 g/mol. The number of fused-ring (bicyclic) bond motifs is 1. The van der Waals surface area contributed by atoms with Gasteiger partial charge in [0, 0.05) is 18.8 Å². The zero-order chi connectivity index (χ0) is 19.5. The maximum Gasteiger partial charge on any atom is 0.276 e. The summed E-state index contributed by atoms with van der Waals surface area (Å²) in [5.41, 5.74) is 2.05. The summed E-state index contributed by atoms with van der Waals surface area (Å²) < 4.78 is 1.87. The number of nitrogens with one attached hydrogen (secondary N) is 1. The molecule has 0 radical (unpaired) electrons. The van der Waals surface area contributed by atoms with Crippen molar-refractivity contribution >= 4 is 17.5 Å². The molecule has 148 valence electrons. The van der Waals surface area contributed by atoms with E-state index < -0.39 is 0 Å². The van der Waals surface area contributed by atoms with Crippen LogP contribution in [0.1, 0.15) is 42.4 Å². The highest BCUT2D eigenvalue weighted by Gasteiger charge is 2.29. The maximum absolute atomic E-state index is 13.0. The molecular weight excluding hydrogens is 354 g/mol. The number of carbonyl (C=O) groups is 2. The zero-order valence-corrected chi connectivity index (χ0v) is 16.3. The van der Waals surface area contributed by atoms with Gasteiger partial charge in [0.25, 0.3) is 5.91 Å². The number of amides is 2. The lowest BCUT2D eigenvalue weighted by Crippen LogP contribution is -2.45. The Kier molecular flexibility index (Phi) is 5.43. The normalized spacial score (nSPS) is 18.4. The number of aryl methyl sites for hydroxylation is 1. The van der Waals surface area contributed by atoms with Crippen LogP contribution in [0, 0.1) is 0 Å². The van der Waals surface area contributed by atoms with E-state index in [1.807, 2.05) is 52.9 Å². The fourth-order valence-corrected chi connectivity index (χ4v) is 4.03. The Hall–Kier alpha value is -2.67. The summed E-state index contributed by atoms with van der Waals surface area (Å²) in [4.78, 5) is 29.7. The van der Waals surface area contributed by atoms with E-state index in [-0.39, 0.29) is 17.9 Å². The Labute approximate surface area is 165 Å². The molecule has 0 spiro atoms. The third-order valence-corrected chi connectivity index (χ3v) is 5.64. The summed E-state index contributed by atoms with van der Waals surface area (Å²) >= 11 is 0. The van der Waals surface area contributed by atoms with Gasteiger partial charge >= 0.3 is 0 Å². The molecule has 2 amide bonds. The maximum atomic E-state index is 13.0. The lowest BCUT2D eigenvalue weighted by molar-refractivity contribution is -0.136. The van der Waals surface area contributed by atoms with Crippen molar-refractivity contribution in [1.29, 1.82) is 0 Å². The first-order valence-corrected chi connectivity index (χ1v) is 10.1. The van der Waals surface area contributed by atoms with Gasteiger partial charge in [0.05, 0.1) is 18.3 Å². The SMILES string of the molecule is CC(C(=O)N1CCCn2nc(C(=O)Nc3ccccc3)cc2C1)N1CCCC1. The molecule has 1 fully saturated rings. The minimum Gasteiger partial charge on any atom is -0.335 e. The number of anilines is 1. The number of carbonyl (C=O) groups excluding carboxylic acids is 2. The van der Waals surface area contributed by atoms with Gasteiger partial charge in [-0.15, -0.1) is 0 Å². The van der Waals surface area contributed by atoms with E-state index in [9.17, 15) is 9.59 Å². The first kappa shape index (κ1) is 18.7. The minimum atomic E-state index is -0.227. The highest BCUT2D eigenvalue weighted by atomic mass is 16.2. The van der Waals surface area contributed by atoms with E-state index in [4.69, 9.17) is 0 Å². The lowest BCUT2D eigenvalue weighted by atomic mass is 10.2. The van der Waals surface area contributed by atoms with Crippen LogP contribution < -0.4 is 5.32 Å². The second-order valence-electron chi connectivity index (χ2n) is 7.60. The molecule has 0 aliphatic carbocycles. The highest BCUT2D eigenvalue weighted by molar-refractivity contribution is 6.02. The molecule has 3 heterocycles. The van der Waals surface area contributed by atoms with Crippen molar-refractivity contribution in [2.45, 2.75) is 45.3 Å². The van der Waals surface area contributed by atoms with E-state index in [0.29, 0.717) is 12.2 Å². The van der Waals surface area contributed by atoms with Gasteiger partial charge in [0.1, 0.15) is 0 Å². The molecule has 1 aromatic heterocycles. The highest BCUT2D eigenvalue weighted by Crippen LogP contribution is 2.19. The first-order chi connectivity index (χ1) is 13.6. The lowest BCUT2D eigenvalue weighted by Gasteiger charge is -2.29. The Morgan fingerprint density at radius 1 is 1.04 bits per heavy atom. The van der Waals surface area contributed by atoms with Crippen LogP contribution in [0.3, 0.4) is 0 Å². The third-order valence-electron chi connectivity index (χ3n) is 5.64. The van der Waals surface area contributed by atoms with E-state index in [1.54, 1.807) is 0 Å². The van der Waals surface area contributed by atoms with Gasteiger partial charge in [-0.3, -0.25) is 19.2 Å². The van der Waals surface area contributed by atoms with Crippen LogP contribution >= 0.6 is 0 Å². The van der Waals surface area contributed by atoms with Crippen LogP contribution in [0.2, 0.25) is 0 Å². The van der Waals surface area contributed by atoms with Crippen LogP contribution in [0.25, 0.3) is 0 Å². The number of aromatic nitrogens is 2. The third kappa shape index (κ3) is 3.94. The fourth-order valence-electron chi connectivity index (χ4n) is 4.03. The first-order valence-electron chi connectivity index (χ1n) is 10.1. The molecule has 7 heteroatoms. The van der Waals surface area contributed by atoms with Crippen molar-refractivity contribution in [2.75, 3.05) is 25.0 Å². The van der Waals surface area contributed by atoms with Crippen molar-refractivity contribution in [1.82, 2.24) is 19.6 Å². The Balaban J connectivity index is 1.46. The number of rotatable bonds is 4. The second-order valence-corrected chi connectivity index (χ2v) is 7.60. The van der Waals surface area contributed by atoms with Gasteiger partial charge in [-0.05, 0) is 57.5 Å². The molecule has 7 nitrogen and oxygen atoms in total. The Morgan fingerprint density at radius 3 is 2.54 bits per heavy atom. The molecule has 1 unspecified atom stereocenters. The van der Waals surface area contributed by atoms with E-state index in [2.05, 4.69) is 15.3 Å². The predicted octanol–water partition coefficient (Wildman–Crippen LogP) is 2.35. The van der Waals surface area contributed by atoms with E-state index in [1.165, 1.54) is 12.8 Å². The molecule has 1 aromatic carbocycles. The van der Waals surface area contributed by atoms with Gasteiger partial charge in [-0.1, -0.05) is 18.2 Å². The standard InChI is InChI=1S/C21H27N5O2/c1-16(24-10-5-6-11-24)21(28)25-12-7-13-26-18(15-25)14-19(23-26)20(27)22-17-8-3-2-4-9-17/h2-4,8-9,14,16H,5-7,10-13,15H2,1H3,(H,22,27). The van der Waals surface area contributed by atoms with Crippen molar-refractivity contribution in [3.8, 4) is 0 Å². The molecule has 1 atom stereocenters. The van der Waals surface area contributed by atoms with Crippen LogP contribution in [-0.4, -0.2) is 57.1 Å². The van der Waals surface area contributed by atoms with Crippen molar-refractivity contribution < 1.29 is 9.59 Å². The molecule has 4 rings (SSSR count). The molecule has 2 aromatic rings. The van der Waals surface area contributed by atoms with Gasteiger partial charge < -0.3 is 10.2 Å². The summed E-state index contributed by atoms with van der Waals surface area (Å²) in [5, 5.41) is 7.35. The zero-order valence-electron chi connectivity index (χ0n) is 16.3. The number of hydrogen-bond acceptors (Lipinski definition) is 4. The molecule has 2 aliphatic rings. The number of para-hydroxylation sites is 1. The van der Waals surface area contributed by atoms with Crippen molar-refractivity contribution in [3.63, 3.8) is 0 Å². The Bertz CT molecular complexity index is 842. The fraction of sp³-hybridized carbons (Fsp3) is 0.476.